The first kappa shape index (κ1) is 26.0. The third-order valence-corrected chi connectivity index (χ3v) is 12.4. The predicted octanol–water partition coefficient (Wildman–Crippen LogP) is 4.39. The van der Waals surface area contributed by atoms with Gasteiger partial charge in [0.25, 0.3) is 0 Å². The number of benzene rings is 2. The summed E-state index contributed by atoms with van der Waals surface area (Å²) in [4.78, 5) is 0. The van der Waals surface area contributed by atoms with E-state index in [1.54, 1.807) is 0 Å². The Labute approximate surface area is 214 Å². The van der Waals surface area contributed by atoms with E-state index in [1.807, 2.05) is 60.7 Å². The average Bonchev–Trinajstić information content (AvgIpc) is 2.86. The van der Waals surface area contributed by atoms with Crippen LogP contribution in [-0.2, 0) is 41.3 Å². The summed E-state index contributed by atoms with van der Waals surface area (Å²) in [7, 11) is -2.21. The lowest BCUT2D eigenvalue weighted by molar-refractivity contribution is -0.544. The van der Waals surface area contributed by atoms with Crippen molar-refractivity contribution in [2.45, 2.75) is 94.7 Å². The minimum absolute atomic E-state index is 0.00633. The maximum absolute atomic E-state index is 10.2. The van der Waals surface area contributed by atoms with Crippen LogP contribution in [0.15, 0.2) is 60.7 Å². The van der Waals surface area contributed by atoms with E-state index in [1.165, 1.54) is 0 Å². The number of ether oxygens (including phenoxy) is 5. The van der Waals surface area contributed by atoms with Gasteiger partial charge in [0.05, 0.1) is 13.2 Å². The normalized spacial score (nSPS) is 33.7. The van der Waals surface area contributed by atoms with Crippen molar-refractivity contribution < 1.29 is 33.2 Å². The first-order chi connectivity index (χ1) is 17.1. The molecule has 3 heterocycles. The van der Waals surface area contributed by atoms with E-state index in [2.05, 4.69) is 33.9 Å². The van der Waals surface area contributed by atoms with E-state index in [4.69, 9.17) is 28.1 Å². The molecule has 0 spiro atoms. The van der Waals surface area contributed by atoms with E-state index in [0.29, 0.717) is 13.2 Å². The maximum Gasteiger partial charge on any atom is 0.308 e. The van der Waals surface area contributed by atoms with Gasteiger partial charge >= 0.3 is 5.97 Å². The average molecular weight is 515 g/mol. The van der Waals surface area contributed by atoms with E-state index < -0.39 is 57.5 Å². The van der Waals surface area contributed by atoms with Gasteiger partial charge in [0.1, 0.15) is 43.2 Å². The van der Waals surface area contributed by atoms with Gasteiger partial charge < -0.3 is 33.2 Å². The third-order valence-electron chi connectivity index (χ3n) is 7.89. The zero-order chi connectivity index (χ0) is 25.6. The minimum atomic E-state index is -2.21. The molecular formula is C28H38O7Si. The van der Waals surface area contributed by atoms with E-state index in [9.17, 15) is 5.11 Å². The summed E-state index contributed by atoms with van der Waals surface area (Å²) in [6, 6.07) is 20.1. The first-order valence-corrected chi connectivity index (χ1v) is 15.7. The van der Waals surface area contributed by atoms with Crippen LogP contribution in [0.25, 0.3) is 0 Å². The van der Waals surface area contributed by atoms with Crippen molar-refractivity contribution in [1.29, 1.82) is 0 Å². The van der Waals surface area contributed by atoms with Crippen molar-refractivity contribution in [2.24, 2.45) is 0 Å². The van der Waals surface area contributed by atoms with Gasteiger partial charge in [0, 0.05) is 0 Å². The molecule has 3 aliphatic heterocycles. The van der Waals surface area contributed by atoms with Crippen LogP contribution in [0.1, 0.15) is 31.9 Å². The topological polar surface area (TPSA) is 75.6 Å². The van der Waals surface area contributed by atoms with E-state index >= 15 is 0 Å². The standard InChI is InChI=1S/C28H38O7Si/c1-27(2,3)36(4,5)35-26-24-21(30-16-19-12-8-6-9-13-19)23-22(31-17-20-14-10-7-11-15-20)25(26)34-28(18-29,32-23)33-24/h6-15,21-26,29H,16-18H2,1-5H3/t21-,22-,23?,24-,25+,26?,28?/m1/s1. The highest BCUT2D eigenvalue weighted by molar-refractivity contribution is 6.74. The molecule has 3 unspecified atom stereocenters. The van der Waals surface area contributed by atoms with Gasteiger partial charge in [-0.3, -0.25) is 0 Å². The Morgan fingerprint density at radius 1 is 0.750 bits per heavy atom. The summed E-state index contributed by atoms with van der Waals surface area (Å²) >= 11 is 0. The Morgan fingerprint density at radius 3 is 1.56 bits per heavy atom. The molecule has 7 atom stereocenters. The summed E-state index contributed by atoms with van der Waals surface area (Å²) in [6.07, 6.45) is -2.68. The molecule has 4 bridgehead atoms. The summed E-state index contributed by atoms with van der Waals surface area (Å²) in [6.45, 7) is 11.5. The lowest BCUT2D eigenvalue weighted by Crippen LogP contribution is -2.81. The molecule has 0 amide bonds. The highest BCUT2D eigenvalue weighted by Crippen LogP contribution is 2.50. The van der Waals surface area contributed by atoms with Crippen LogP contribution in [0.2, 0.25) is 18.1 Å². The van der Waals surface area contributed by atoms with Crippen molar-refractivity contribution in [3.8, 4) is 0 Å². The second-order valence-corrected chi connectivity index (χ2v) is 16.2. The molecule has 2 aromatic carbocycles. The van der Waals surface area contributed by atoms with Crippen LogP contribution in [0, 0.1) is 0 Å². The molecule has 1 N–H and O–H groups in total. The predicted molar refractivity (Wildman–Crippen MR) is 137 cm³/mol. The highest BCUT2D eigenvalue weighted by Gasteiger charge is 2.69. The minimum Gasteiger partial charge on any atom is -0.408 e. The Hall–Kier alpha value is -1.62. The smallest absolute Gasteiger partial charge is 0.308 e. The van der Waals surface area contributed by atoms with Crippen molar-refractivity contribution in [2.75, 3.05) is 6.61 Å². The molecular weight excluding hydrogens is 476 g/mol. The lowest BCUT2D eigenvalue weighted by atomic mass is 9.81. The van der Waals surface area contributed by atoms with Crippen LogP contribution in [0.3, 0.4) is 0 Å². The van der Waals surface area contributed by atoms with E-state index in [-0.39, 0.29) is 5.04 Å². The Balaban J connectivity index is 1.45. The lowest BCUT2D eigenvalue weighted by Gasteiger charge is -2.63. The van der Waals surface area contributed by atoms with Gasteiger partial charge in [-0.15, -0.1) is 0 Å². The fraction of sp³-hybridized carbons (Fsp3) is 0.571. The Bertz CT molecular complexity index is 948. The Kier molecular flexibility index (Phi) is 7.17. The van der Waals surface area contributed by atoms with Gasteiger partial charge in [0.2, 0.25) is 0 Å². The van der Waals surface area contributed by atoms with E-state index in [0.717, 1.165) is 11.1 Å². The van der Waals surface area contributed by atoms with Gasteiger partial charge in [-0.05, 0) is 29.3 Å². The van der Waals surface area contributed by atoms with Crippen molar-refractivity contribution in [3.05, 3.63) is 71.8 Å². The molecule has 1 aliphatic carbocycles. The Morgan fingerprint density at radius 2 is 1.17 bits per heavy atom. The largest absolute Gasteiger partial charge is 0.408 e. The second-order valence-electron chi connectivity index (χ2n) is 11.5. The van der Waals surface area contributed by atoms with Crippen molar-refractivity contribution in [1.82, 2.24) is 0 Å². The van der Waals surface area contributed by atoms with Crippen molar-refractivity contribution >= 4 is 8.32 Å². The summed E-state index contributed by atoms with van der Waals surface area (Å²) in [5, 5.41) is 10.2. The molecule has 0 aromatic heterocycles. The number of hydrogen-bond donors (Lipinski definition) is 1. The number of aliphatic hydroxyl groups excluding tert-OH is 1. The molecule has 4 aliphatic rings. The number of aliphatic hydroxyl groups is 1. The van der Waals surface area contributed by atoms with Crippen molar-refractivity contribution in [3.63, 3.8) is 0 Å². The third kappa shape index (κ3) is 4.93. The SMILES string of the molecule is CC(C)(C)[Si](C)(C)OC1[C@H]2OC3(CO)OC([C@H]2OCc2ccccc2)[C@@H](OCc2ccccc2)[C@H]1O3. The monoisotopic (exact) mass is 514 g/mol. The molecule has 0 radical (unpaired) electrons. The number of hydrogen-bond acceptors (Lipinski definition) is 7. The van der Waals surface area contributed by atoms with Crippen LogP contribution >= 0.6 is 0 Å². The molecule has 3 saturated heterocycles. The van der Waals surface area contributed by atoms with Gasteiger partial charge in [0.15, 0.2) is 8.32 Å². The summed E-state index contributed by atoms with van der Waals surface area (Å²) in [5.41, 5.74) is 2.12. The maximum atomic E-state index is 10.2. The highest BCUT2D eigenvalue weighted by atomic mass is 28.4. The van der Waals surface area contributed by atoms with Crippen LogP contribution in [0.5, 0.6) is 0 Å². The fourth-order valence-corrected chi connectivity index (χ4v) is 6.21. The number of rotatable bonds is 9. The van der Waals surface area contributed by atoms with Gasteiger partial charge in [-0.1, -0.05) is 81.4 Å². The molecule has 196 valence electrons. The van der Waals surface area contributed by atoms with Crippen LogP contribution < -0.4 is 0 Å². The summed E-state index contributed by atoms with van der Waals surface area (Å²) in [5.74, 6) is -1.52. The molecule has 4 fully saturated rings. The van der Waals surface area contributed by atoms with Crippen LogP contribution in [-0.4, -0.2) is 62.6 Å². The second kappa shape index (κ2) is 9.92. The molecule has 2 aromatic rings. The van der Waals surface area contributed by atoms with Gasteiger partial charge in [-0.25, -0.2) is 0 Å². The quantitative estimate of drug-likeness (QED) is 0.498. The molecule has 8 heteroatoms. The zero-order valence-corrected chi connectivity index (χ0v) is 22.8. The zero-order valence-electron chi connectivity index (χ0n) is 21.8. The fourth-order valence-electron chi connectivity index (χ4n) is 4.91. The molecule has 6 rings (SSSR count). The summed E-state index contributed by atoms with van der Waals surface area (Å²) < 4.78 is 38.6. The molecule has 36 heavy (non-hydrogen) atoms. The molecule has 1 saturated carbocycles. The first-order valence-electron chi connectivity index (χ1n) is 12.8. The van der Waals surface area contributed by atoms with Gasteiger partial charge in [-0.2, -0.15) is 0 Å². The molecule has 7 nitrogen and oxygen atoms in total. The van der Waals surface area contributed by atoms with Crippen LogP contribution in [0.4, 0.5) is 0 Å².